The van der Waals surface area contributed by atoms with Crippen molar-refractivity contribution in [2.24, 2.45) is 0 Å². The van der Waals surface area contributed by atoms with Crippen LogP contribution < -0.4 is 0 Å². The van der Waals surface area contributed by atoms with Crippen molar-refractivity contribution in [3.63, 3.8) is 0 Å². The highest BCUT2D eigenvalue weighted by atomic mass is 32.2. The highest BCUT2D eigenvalue weighted by Crippen LogP contribution is 2.19. The SMILES string of the molecule is CN(C(=O)c1ccc(-n2cccc2)cc1)[C@@H]1CCS(=O)(=O)C1. The summed E-state index contributed by atoms with van der Waals surface area (Å²) in [6.45, 7) is 0. The molecule has 3 rings (SSSR count). The van der Waals surface area contributed by atoms with E-state index in [1.54, 1.807) is 24.1 Å². The summed E-state index contributed by atoms with van der Waals surface area (Å²) in [7, 11) is -1.32. The van der Waals surface area contributed by atoms with Gasteiger partial charge in [0, 0.05) is 36.7 Å². The van der Waals surface area contributed by atoms with E-state index in [-0.39, 0.29) is 23.5 Å². The molecule has 0 bridgehead atoms. The molecule has 1 saturated heterocycles. The van der Waals surface area contributed by atoms with Crippen LogP contribution in [-0.2, 0) is 9.84 Å². The molecule has 5 nitrogen and oxygen atoms in total. The summed E-state index contributed by atoms with van der Waals surface area (Å²) in [4.78, 5) is 14.0. The van der Waals surface area contributed by atoms with Crippen LogP contribution in [0.25, 0.3) is 5.69 Å². The van der Waals surface area contributed by atoms with E-state index in [4.69, 9.17) is 0 Å². The molecule has 116 valence electrons. The monoisotopic (exact) mass is 318 g/mol. The fraction of sp³-hybridized carbons (Fsp3) is 0.312. The molecule has 0 spiro atoms. The molecule has 0 saturated carbocycles. The van der Waals surface area contributed by atoms with Gasteiger partial charge in [0.15, 0.2) is 9.84 Å². The zero-order valence-corrected chi connectivity index (χ0v) is 13.2. The Labute approximate surface area is 130 Å². The second kappa shape index (κ2) is 5.61. The Kier molecular flexibility index (Phi) is 3.78. The number of sulfone groups is 1. The first-order valence-corrected chi connectivity index (χ1v) is 8.99. The normalized spacial score (nSPS) is 20.0. The van der Waals surface area contributed by atoms with E-state index < -0.39 is 9.84 Å². The van der Waals surface area contributed by atoms with Crippen LogP contribution in [0.15, 0.2) is 48.8 Å². The number of hydrogen-bond donors (Lipinski definition) is 0. The average molecular weight is 318 g/mol. The molecule has 1 amide bonds. The van der Waals surface area contributed by atoms with E-state index in [1.165, 1.54) is 0 Å². The van der Waals surface area contributed by atoms with Crippen molar-refractivity contribution in [3.05, 3.63) is 54.4 Å². The molecule has 1 aromatic heterocycles. The summed E-state index contributed by atoms with van der Waals surface area (Å²) in [5.41, 5.74) is 1.55. The predicted molar refractivity (Wildman–Crippen MR) is 84.9 cm³/mol. The van der Waals surface area contributed by atoms with Crippen LogP contribution in [0.1, 0.15) is 16.8 Å². The van der Waals surface area contributed by atoms with E-state index in [0.29, 0.717) is 12.0 Å². The van der Waals surface area contributed by atoms with Gasteiger partial charge in [-0.05, 0) is 42.8 Å². The largest absolute Gasteiger partial charge is 0.338 e. The van der Waals surface area contributed by atoms with Crippen LogP contribution >= 0.6 is 0 Å². The van der Waals surface area contributed by atoms with Crippen molar-refractivity contribution in [1.82, 2.24) is 9.47 Å². The third-order valence-electron chi connectivity index (χ3n) is 4.09. The molecular formula is C16H18N2O3S. The summed E-state index contributed by atoms with van der Waals surface area (Å²) < 4.78 is 25.0. The van der Waals surface area contributed by atoms with Crippen molar-refractivity contribution in [2.75, 3.05) is 18.6 Å². The van der Waals surface area contributed by atoms with Crippen LogP contribution in [0.5, 0.6) is 0 Å². The Hall–Kier alpha value is -2.08. The third-order valence-corrected chi connectivity index (χ3v) is 5.84. The van der Waals surface area contributed by atoms with Gasteiger partial charge in [-0.1, -0.05) is 0 Å². The first kappa shape index (κ1) is 14.8. The fourth-order valence-electron chi connectivity index (χ4n) is 2.73. The summed E-state index contributed by atoms with van der Waals surface area (Å²) in [6.07, 6.45) is 4.39. The Bertz CT molecular complexity index is 764. The molecule has 0 radical (unpaired) electrons. The number of nitrogens with zero attached hydrogens (tertiary/aromatic N) is 2. The molecule has 6 heteroatoms. The number of carbonyl (C=O) groups excluding carboxylic acids is 1. The molecule has 2 aromatic rings. The number of hydrogen-bond acceptors (Lipinski definition) is 3. The van der Waals surface area contributed by atoms with Gasteiger partial charge in [-0.2, -0.15) is 0 Å². The fourth-order valence-corrected chi connectivity index (χ4v) is 4.51. The summed E-state index contributed by atoms with van der Waals surface area (Å²) >= 11 is 0. The predicted octanol–water partition coefficient (Wildman–Crippen LogP) is 1.74. The lowest BCUT2D eigenvalue weighted by atomic mass is 10.1. The number of benzene rings is 1. The van der Waals surface area contributed by atoms with Gasteiger partial charge in [0.2, 0.25) is 0 Å². The standard InChI is InChI=1S/C16H18N2O3S/c1-17(15-8-11-22(20,21)12-15)16(19)13-4-6-14(7-5-13)18-9-2-3-10-18/h2-7,9-10,15H,8,11-12H2,1H3/t15-/m1/s1. The third kappa shape index (κ3) is 2.92. The zero-order valence-electron chi connectivity index (χ0n) is 12.3. The van der Waals surface area contributed by atoms with Crippen LogP contribution in [0, 0.1) is 0 Å². The number of carbonyl (C=O) groups is 1. The summed E-state index contributed by atoms with van der Waals surface area (Å²) in [5.74, 6) is 0.0968. The van der Waals surface area contributed by atoms with E-state index in [2.05, 4.69) is 0 Å². The molecule has 0 N–H and O–H groups in total. The van der Waals surface area contributed by atoms with Crippen molar-refractivity contribution in [2.45, 2.75) is 12.5 Å². The van der Waals surface area contributed by atoms with Gasteiger partial charge in [0.25, 0.3) is 5.91 Å². The molecule has 1 fully saturated rings. The molecule has 1 aliphatic rings. The second-order valence-corrected chi connectivity index (χ2v) is 7.84. The first-order valence-electron chi connectivity index (χ1n) is 7.17. The minimum Gasteiger partial charge on any atom is -0.338 e. The van der Waals surface area contributed by atoms with Crippen molar-refractivity contribution < 1.29 is 13.2 Å². The minimum absolute atomic E-state index is 0.0662. The molecule has 0 aliphatic carbocycles. The smallest absolute Gasteiger partial charge is 0.253 e. The maximum atomic E-state index is 12.5. The minimum atomic E-state index is -2.99. The van der Waals surface area contributed by atoms with Gasteiger partial charge in [-0.15, -0.1) is 0 Å². The van der Waals surface area contributed by atoms with E-state index in [9.17, 15) is 13.2 Å². The number of aromatic nitrogens is 1. The van der Waals surface area contributed by atoms with Gasteiger partial charge in [0.1, 0.15) is 0 Å². The number of amides is 1. The lowest BCUT2D eigenvalue weighted by Gasteiger charge is -2.23. The van der Waals surface area contributed by atoms with E-state index >= 15 is 0 Å². The van der Waals surface area contributed by atoms with Crippen molar-refractivity contribution in [1.29, 1.82) is 0 Å². The quantitative estimate of drug-likeness (QED) is 0.866. The zero-order chi connectivity index (χ0) is 15.7. The highest BCUT2D eigenvalue weighted by molar-refractivity contribution is 7.91. The Morgan fingerprint density at radius 3 is 2.36 bits per heavy atom. The maximum Gasteiger partial charge on any atom is 0.253 e. The Morgan fingerprint density at radius 1 is 1.18 bits per heavy atom. The second-order valence-electron chi connectivity index (χ2n) is 5.61. The summed E-state index contributed by atoms with van der Waals surface area (Å²) in [6, 6.07) is 11.0. The van der Waals surface area contributed by atoms with Gasteiger partial charge in [-0.25, -0.2) is 8.42 Å². The molecular weight excluding hydrogens is 300 g/mol. The van der Waals surface area contributed by atoms with Crippen molar-refractivity contribution >= 4 is 15.7 Å². The maximum absolute atomic E-state index is 12.5. The Balaban J connectivity index is 1.75. The lowest BCUT2D eigenvalue weighted by Crippen LogP contribution is -2.37. The highest BCUT2D eigenvalue weighted by Gasteiger charge is 2.32. The van der Waals surface area contributed by atoms with E-state index in [1.807, 2.05) is 41.2 Å². The molecule has 1 atom stereocenters. The number of rotatable bonds is 3. The van der Waals surface area contributed by atoms with Crippen LogP contribution in [0.4, 0.5) is 0 Å². The summed E-state index contributed by atoms with van der Waals surface area (Å²) in [5, 5.41) is 0. The average Bonchev–Trinajstić information content (AvgIpc) is 3.15. The molecule has 2 heterocycles. The van der Waals surface area contributed by atoms with Crippen LogP contribution in [-0.4, -0.2) is 48.4 Å². The van der Waals surface area contributed by atoms with Gasteiger partial charge < -0.3 is 9.47 Å². The Morgan fingerprint density at radius 2 is 1.82 bits per heavy atom. The molecule has 1 aromatic carbocycles. The van der Waals surface area contributed by atoms with Crippen LogP contribution in [0.2, 0.25) is 0 Å². The van der Waals surface area contributed by atoms with Gasteiger partial charge in [-0.3, -0.25) is 4.79 Å². The van der Waals surface area contributed by atoms with Gasteiger partial charge in [0.05, 0.1) is 11.5 Å². The van der Waals surface area contributed by atoms with E-state index in [0.717, 1.165) is 5.69 Å². The molecule has 22 heavy (non-hydrogen) atoms. The molecule has 0 unspecified atom stereocenters. The topological polar surface area (TPSA) is 59.4 Å². The lowest BCUT2D eigenvalue weighted by molar-refractivity contribution is 0.0747. The first-order chi connectivity index (χ1) is 10.5. The van der Waals surface area contributed by atoms with Crippen molar-refractivity contribution in [3.8, 4) is 5.69 Å². The van der Waals surface area contributed by atoms with Gasteiger partial charge >= 0.3 is 0 Å². The van der Waals surface area contributed by atoms with Crippen LogP contribution in [0.3, 0.4) is 0 Å². The molecule has 1 aliphatic heterocycles.